The van der Waals surface area contributed by atoms with Gasteiger partial charge in [-0.2, -0.15) is 0 Å². The smallest absolute Gasteiger partial charge is 0.192 e. The summed E-state index contributed by atoms with van der Waals surface area (Å²) in [5, 5.41) is 0.238. The second-order valence-corrected chi connectivity index (χ2v) is 13.3. The number of unbranched alkanes of at least 4 members (excludes halogenated alkanes) is 2. The molecule has 0 aromatic carbocycles. The summed E-state index contributed by atoms with van der Waals surface area (Å²) in [5.74, 6) is 0.585. The Kier molecular flexibility index (Phi) is 10.6. The van der Waals surface area contributed by atoms with E-state index in [1.54, 1.807) is 0 Å². The third-order valence-corrected chi connectivity index (χ3v) is 9.93. The van der Waals surface area contributed by atoms with Gasteiger partial charge in [0.05, 0.1) is 12.2 Å². The van der Waals surface area contributed by atoms with Crippen molar-refractivity contribution in [3.8, 4) is 0 Å². The standard InChI is InChI=1S/C20H42O2Si/c1-10-12-13-15-17(3)19(21-7)16-18(14-11-2)22-23(8,9)20(4,5)6/h11,17-19H,2,10,12-16H2,1,3-9H3/t17-,18-,19+/m1/s1. The van der Waals surface area contributed by atoms with Crippen LogP contribution < -0.4 is 0 Å². The third kappa shape index (κ3) is 8.51. The lowest BCUT2D eigenvalue weighted by Gasteiger charge is -2.40. The van der Waals surface area contributed by atoms with Crippen molar-refractivity contribution in [3.63, 3.8) is 0 Å². The van der Waals surface area contributed by atoms with Gasteiger partial charge in [-0.3, -0.25) is 0 Å². The van der Waals surface area contributed by atoms with E-state index in [1.807, 2.05) is 13.2 Å². The van der Waals surface area contributed by atoms with Crippen molar-refractivity contribution in [2.75, 3.05) is 7.11 Å². The molecular weight excluding hydrogens is 300 g/mol. The van der Waals surface area contributed by atoms with Gasteiger partial charge in [-0.15, -0.1) is 6.58 Å². The molecule has 0 saturated carbocycles. The molecule has 0 bridgehead atoms. The Morgan fingerprint density at radius 1 is 1.17 bits per heavy atom. The van der Waals surface area contributed by atoms with Gasteiger partial charge in [0.1, 0.15) is 0 Å². The Morgan fingerprint density at radius 2 is 1.78 bits per heavy atom. The van der Waals surface area contributed by atoms with Gasteiger partial charge in [0.2, 0.25) is 0 Å². The van der Waals surface area contributed by atoms with Gasteiger partial charge in [-0.1, -0.05) is 60.0 Å². The summed E-state index contributed by atoms with van der Waals surface area (Å²) in [6.45, 7) is 20.1. The lowest BCUT2D eigenvalue weighted by atomic mass is 9.93. The Bertz CT molecular complexity index is 320. The molecule has 0 rings (SSSR count). The van der Waals surface area contributed by atoms with Crippen molar-refractivity contribution in [1.82, 2.24) is 0 Å². The van der Waals surface area contributed by atoms with E-state index in [0.717, 1.165) is 12.8 Å². The van der Waals surface area contributed by atoms with Crippen LogP contribution in [-0.4, -0.2) is 27.6 Å². The van der Waals surface area contributed by atoms with Crippen LogP contribution in [0.25, 0.3) is 0 Å². The first-order chi connectivity index (χ1) is 10.6. The van der Waals surface area contributed by atoms with Crippen LogP contribution in [0.5, 0.6) is 0 Å². The van der Waals surface area contributed by atoms with E-state index in [-0.39, 0.29) is 17.2 Å². The van der Waals surface area contributed by atoms with E-state index in [1.165, 1.54) is 25.7 Å². The van der Waals surface area contributed by atoms with Crippen LogP contribution in [0.4, 0.5) is 0 Å². The first kappa shape index (κ1) is 22.9. The van der Waals surface area contributed by atoms with E-state index >= 15 is 0 Å². The minimum absolute atomic E-state index is 0.229. The highest BCUT2D eigenvalue weighted by Gasteiger charge is 2.39. The van der Waals surface area contributed by atoms with E-state index in [4.69, 9.17) is 9.16 Å². The zero-order chi connectivity index (χ0) is 18.1. The zero-order valence-corrected chi connectivity index (χ0v) is 18.1. The predicted octanol–water partition coefficient (Wildman–Crippen LogP) is 6.57. The average Bonchev–Trinajstić information content (AvgIpc) is 2.43. The fraction of sp³-hybridized carbons (Fsp3) is 0.900. The molecule has 0 aliphatic rings. The molecule has 0 saturated heterocycles. The molecule has 0 spiro atoms. The second-order valence-electron chi connectivity index (χ2n) is 8.51. The van der Waals surface area contributed by atoms with Gasteiger partial charge in [0.25, 0.3) is 0 Å². The maximum Gasteiger partial charge on any atom is 0.192 e. The van der Waals surface area contributed by atoms with Gasteiger partial charge in [-0.25, -0.2) is 0 Å². The third-order valence-electron chi connectivity index (χ3n) is 5.39. The van der Waals surface area contributed by atoms with Gasteiger partial charge in [0.15, 0.2) is 8.32 Å². The molecule has 0 aliphatic heterocycles. The first-order valence-corrected chi connectivity index (χ1v) is 12.3. The van der Waals surface area contributed by atoms with Crippen LogP contribution in [-0.2, 0) is 9.16 Å². The van der Waals surface area contributed by atoms with Crippen LogP contribution in [0, 0.1) is 5.92 Å². The quantitative estimate of drug-likeness (QED) is 0.227. The van der Waals surface area contributed by atoms with Gasteiger partial charge in [-0.05, 0) is 43.3 Å². The average molecular weight is 343 g/mol. The summed E-state index contributed by atoms with van der Waals surface area (Å²) in [7, 11) is 0.0914. The second kappa shape index (κ2) is 10.7. The van der Waals surface area contributed by atoms with Gasteiger partial charge < -0.3 is 9.16 Å². The van der Waals surface area contributed by atoms with Gasteiger partial charge in [0, 0.05) is 7.11 Å². The van der Waals surface area contributed by atoms with Crippen LogP contribution in [0.15, 0.2) is 12.7 Å². The summed E-state index contributed by atoms with van der Waals surface area (Å²) in [6.07, 6.45) is 9.52. The molecule has 0 aliphatic carbocycles. The maximum absolute atomic E-state index is 6.64. The van der Waals surface area contributed by atoms with Crippen molar-refractivity contribution >= 4 is 8.32 Å². The molecule has 0 fully saturated rings. The van der Waals surface area contributed by atoms with E-state index in [0.29, 0.717) is 5.92 Å². The summed E-state index contributed by atoms with van der Waals surface area (Å²) >= 11 is 0. The molecule has 0 radical (unpaired) electrons. The normalized spacial score (nSPS) is 16.9. The highest BCUT2D eigenvalue weighted by molar-refractivity contribution is 6.74. The van der Waals surface area contributed by atoms with E-state index < -0.39 is 8.32 Å². The number of rotatable bonds is 12. The molecule has 23 heavy (non-hydrogen) atoms. The topological polar surface area (TPSA) is 18.5 Å². The lowest BCUT2D eigenvalue weighted by Crippen LogP contribution is -2.45. The van der Waals surface area contributed by atoms with Crippen molar-refractivity contribution in [3.05, 3.63) is 12.7 Å². The summed E-state index contributed by atoms with van der Waals surface area (Å²) in [4.78, 5) is 0. The van der Waals surface area contributed by atoms with E-state index in [2.05, 4.69) is 54.3 Å². The van der Waals surface area contributed by atoms with Crippen LogP contribution >= 0.6 is 0 Å². The van der Waals surface area contributed by atoms with Crippen molar-refractivity contribution in [2.24, 2.45) is 5.92 Å². The molecule has 0 aromatic rings. The molecule has 138 valence electrons. The molecule has 3 heteroatoms. The molecule has 0 N–H and O–H groups in total. The first-order valence-electron chi connectivity index (χ1n) is 9.40. The van der Waals surface area contributed by atoms with Crippen LogP contribution in [0.2, 0.25) is 18.1 Å². The van der Waals surface area contributed by atoms with Crippen molar-refractivity contribution in [1.29, 1.82) is 0 Å². The zero-order valence-electron chi connectivity index (χ0n) is 17.1. The fourth-order valence-electron chi connectivity index (χ4n) is 2.69. The summed E-state index contributed by atoms with van der Waals surface area (Å²) < 4.78 is 12.5. The Labute approximate surface area is 147 Å². The summed E-state index contributed by atoms with van der Waals surface area (Å²) in [6, 6.07) is 0. The maximum atomic E-state index is 6.64. The molecule has 2 nitrogen and oxygen atoms in total. The highest BCUT2D eigenvalue weighted by Crippen LogP contribution is 2.38. The molecule has 3 atom stereocenters. The predicted molar refractivity (Wildman–Crippen MR) is 106 cm³/mol. The van der Waals surface area contributed by atoms with Gasteiger partial charge >= 0.3 is 0 Å². The Balaban J connectivity index is 4.78. The van der Waals surface area contributed by atoms with Crippen LogP contribution in [0.1, 0.15) is 73.1 Å². The number of methoxy groups -OCH3 is 1. The van der Waals surface area contributed by atoms with Crippen molar-refractivity contribution < 1.29 is 9.16 Å². The SMILES string of the molecule is C=CC[C@H](C[C@H](OC)[C@H](C)CCCCC)O[Si](C)(C)C(C)(C)C. The van der Waals surface area contributed by atoms with Crippen LogP contribution in [0.3, 0.4) is 0 Å². The van der Waals surface area contributed by atoms with Crippen molar-refractivity contribution in [2.45, 2.75) is 103 Å². The minimum Gasteiger partial charge on any atom is -0.414 e. The largest absolute Gasteiger partial charge is 0.414 e. The molecule has 0 aromatic heterocycles. The monoisotopic (exact) mass is 342 g/mol. The number of hydrogen-bond acceptors (Lipinski definition) is 2. The molecule has 0 heterocycles. The summed E-state index contributed by atoms with van der Waals surface area (Å²) in [5.41, 5.74) is 0. The molecular formula is C20H42O2Si. The fourth-order valence-corrected chi connectivity index (χ4v) is 4.07. The molecule has 0 amide bonds. The Morgan fingerprint density at radius 3 is 2.22 bits per heavy atom. The Hall–Kier alpha value is -0.123. The minimum atomic E-state index is -1.75. The highest BCUT2D eigenvalue weighted by atomic mass is 28.4. The number of ether oxygens (including phenoxy) is 1. The van der Waals surface area contributed by atoms with E-state index in [9.17, 15) is 0 Å². The number of hydrogen-bond donors (Lipinski definition) is 0. The lowest BCUT2D eigenvalue weighted by molar-refractivity contribution is 0.0144. The molecule has 0 unspecified atom stereocenters.